The zero-order valence-corrected chi connectivity index (χ0v) is 33.2. The zero-order chi connectivity index (χ0) is 40.3. The van der Waals surface area contributed by atoms with Gasteiger partial charge in [0.05, 0.1) is 28.1 Å². The largest absolute Gasteiger partial charge is 0.455 e. The van der Waals surface area contributed by atoms with Crippen LogP contribution in [0.4, 0.5) is 17.1 Å². The van der Waals surface area contributed by atoms with Crippen LogP contribution in [0.25, 0.3) is 93.6 Å². The molecule has 0 aliphatic rings. The minimum absolute atomic E-state index is 0.881. The smallest absolute Gasteiger partial charge is 0.143 e. The number of hydrogen-bond donors (Lipinski definition) is 0. The molecule has 2 aromatic heterocycles. The highest BCUT2D eigenvalue weighted by Crippen LogP contribution is 2.48. The van der Waals surface area contributed by atoms with Crippen molar-refractivity contribution in [2.24, 2.45) is 0 Å². The summed E-state index contributed by atoms with van der Waals surface area (Å²) in [6, 6.07) is 83.0. The molecule has 3 heteroatoms. The Hall–Kier alpha value is -8.14. The van der Waals surface area contributed by atoms with E-state index in [1.807, 2.05) is 6.07 Å². The maximum Gasteiger partial charge on any atom is 0.143 e. The molecule has 3 nitrogen and oxygen atoms in total. The van der Waals surface area contributed by atoms with Crippen molar-refractivity contribution in [3.05, 3.63) is 231 Å². The molecule has 0 saturated carbocycles. The number of furan rings is 1. The van der Waals surface area contributed by atoms with Crippen molar-refractivity contribution in [1.29, 1.82) is 0 Å². The predicted octanol–water partition coefficient (Wildman–Crippen LogP) is 16.3. The van der Waals surface area contributed by atoms with E-state index in [4.69, 9.17) is 4.42 Å². The quantitative estimate of drug-likeness (QED) is 0.161. The molecule has 0 aliphatic carbocycles. The Balaban J connectivity index is 1.12. The van der Waals surface area contributed by atoms with Gasteiger partial charge in [-0.15, -0.1) is 0 Å². The van der Waals surface area contributed by atoms with Gasteiger partial charge in [-0.1, -0.05) is 176 Å². The Bertz CT molecular complexity index is 3570. The Labute approximate surface area is 353 Å². The standard InChI is InChI=1S/C58H38N2O/c1-2-18-40-37-42(36-35-39(40)17-1)41-19-15-20-43(38-41)59(53-30-10-7-25-48(53)50-27-16-28-51-49-26-8-14-34-57(49)61-58(50)51)52-29-9-3-21-44(52)45-22-4-11-31-54(45)60-55-32-12-5-23-46(55)47-24-6-13-33-56(47)60/h1-38H. The second-order valence-electron chi connectivity index (χ2n) is 15.6. The lowest BCUT2D eigenvalue weighted by atomic mass is 9.96. The van der Waals surface area contributed by atoms with E-state index in [1.54, 1.807) is 0 Å². The average Bonchev–Trinajstić information content (AvgIpc) is 3.88. The molecule has 0 bridgehead atoms. The first kappa shape index (κ1) is 34.9. The van der Waals surface area contributed by atoms with Crippen molar-refractivity contribution >= 4 is 71.6 Å². The van der Waals surface area contributed by atoms with Crippen LogP contribution in [0.15, 0.2) is 235 Å². The van der Waals surface area contributed by atoms with Crippen molar-refractivity contribution in [2.75, 3.05) is 4.90 Å². The summed E-state index contributed by atoms with van der Waals surface area (Å²) in [4.78, 5) is 2.44. The molecule has 12 rings (SSSR count). The number of aromatic nitrogens is 1. The first-order valence-corrected chi connectivity index (χ1v) is 20.8. The number of fused-ring (bicyclic) bond motifs is 7. The molecule has 0 fully saturated rings. The van der Waals surface area contributed by atoms with Crippen molar-refractivity contribution in [2.45, 2.75) is 0 Å². The Morgan fingerprint density at radius 1 is 0.344 bits per heavy atom. The van der Waals surface area contributed by atoms with E-state index in [1.165, 1.54) is 38.1 Å². The fourth-order valence-corrected chi connectivity index (χ4v) is 9.43. The molecule has 0 saturated heterocycles. The van der Waals surface area contributed by atoms with Gasteiger partial charge in [-0.3, -0.25) is 0 Å². The van der Waals surface area contributed by atoms with Gasteiger partial charge >= 0.3 is 0 Å². The second kappa shape index (κ2) is 14.3. The molecule has 0 aliphatic heterocycles. The molecule has 12 aromatic rings. The van der Waals surface area contributed by atoms with Crippen LogP contribution in [0.5, 0.6) is 0 Å². The van der Waals surface area contributed by atoms with Gasteiger partial charge in [-0.25, -0.2) is 0 Å². The van der Waals surface area contributed by atoms with Crippen molar-refractivity contribution < 1.29 is 4.42 Å². The van der Waals surface area contributed by atoms with Crippen LogP contribution in [0.1, 0.15) is 0 Å². The summed E-state index contributed by atoms with van der Waals surface area (Å²) in [5.41, 5.74) is 15.1. The van der Waals surface area contributed by atoms with E-state index in [0.29, 0.717) is 0 Å². The molecule has 0 spiro atoms. The minimum atomic E-state index is 0.881. The third-order valence-electron chi connectivity index (χ3n) is 12.2. The number of anilines is 3. The molecule has 61 heavy (non-hydrogen) atoms. The summed E-state index contributed by atoms with van der Waals surface area (Å²) in [5, 5.41) is 7.15. The monoisotopic (exact) mass is 778 g/mol. The summed E-state index contributed by atoms with van der Waals surface area (Å²) in [7, 11) is 0. The minimum Gasteiger partial charge on any atom is -0.455 e. The molecule has 0 atom stereocenters. The lowest BCUT2D eigenvalue weighted by Gasteiger charge is -2.30. The molecular weight excluding hydrogens is 741 g/mol. The highest BCUT2D eigenvalue weighted by atomic mass is 16.3. The summed E-state index contributed by atoms with van der Waals surface area (Å²) >= 11 is 0. The highest BCUT2D eigenvalue weighted by Gasteiger charge is 2.24. The van der Waals surface area contributed by atoms with Crippen molar-refractivity contribution in [1.82, 2.24) is 4.57 Å². The number of para-hydroxylation sites is 7. The molecule has 10 aromatic carbocycles. The third-order valence-corrected chi connectivity index (χ3v) is 12.2. The molecule has 0 radical (unpaired) electrons. The maximum atomic E-state index is 6.70. The van der Waals surface area contributed by atoms with Gasteiger partial charge in [0.25, 0.3) is 0 Å². The van der Waals surface area contributed by atoms with Gasteiger partial charge in [0.1, 0.15) is 11.2 Å². The SMILES string of the molecule is c1cc(-c2ccc3ccccc3c2)cc(N(c2ccccc2-c2ccccc2-n2c3ccccc3c3ccccc32)c2ccccc2-c2cccc3c2oc2ccccc23)c1. The summed E-state index contributed by atoms with van der Waals surface area (Å²) in [6.45, 7) is 0. The topological polar surface area (TPSA) is 21.3 Å². The van der Waals surface area contributed by atoms with Crippen LogP contribution in [-0.2, 0) is 0 Å². The third kappa shape index (κ3) is 5.74. The van der Waals surface area contributed by atoms with Crippen LogP contribution >= 0.6 is 0 Å². The zero-order valence-electron chi connectivity index (χ0n) is 33.2. The van der Waals surface area contributed by atoms with E-state index in [2.05, 4.69) is 234 Å². The molecule has 286 valence electrons. The Morgan fingerprint density at radius 2 is 0.885 bits per heavy atom. The Kier molecular flexibility index (Phi) is 8.17. The summed E-state index contributed by atoms with van der Waals surface area (Å²) in [6.07, 6.45) is 0. The van der Waals surface area contributed by atoms with E-state index >= 15 is 0 Å². The normalized spacial score (nSPS) is 11.6. The van der Waals surface area contributed by atoms with Gasteiger partial charge in [-0.2, -0.15) is 0 Å². The summed E-state index contributed by atoms with van der Waals surface area (Å²) in [5.74, 6) is 0. The fourth-order valence-electron chi connectivity index (χ4n) is 9.43. The second-order valence-corrected chi connectivity index (χ2v) is 15.6. The van der Waals surface area contributed by atoms with Crippen LogP contribution in [0, 0.1) is 0 Å². The van der Waals surface area contributed by atoms with Gasteiger partial charge in [0.2, 0.25) is 0 Å². The van der Waals surface area contributed by atoms with E-state index in [-0.39, 0.29) is 0 Å². The first-order chi connectivity index (χ1) is 30.3. The molecule has 0 unspecified atom stereocenters. The van der Waals surface area contributed by atoms with Crippen LogP contribution in [0.2, 0.25) is 0 Å². The lowest BCUT2D eigenvalue weighted by molar-refractivity contribution is 0.670. The number of benzene rings is 10. The van der Waals surface area contributed by atoms with Crippen LogP contribution in [-0.4, -0.2) is 4.57 Å². The lowest BCUT2D eigenvalue weighted by Crippen LogP contribution is -2.13. The first-order valence-electron chi connectivity index (χ1n) is 20.8. The van der Waals surface area contributed by atoms with E-state index in [0.717, 1.165) is 72.5 Å². The molecule has 2 heterocycles. The molecule has 0 amide bonds. The maximum absolute atomic E-state index is 6.70. The average molecular weight is 779 g/mol. The van der Waals surface area contributed by atoms with E-state index < -0.39 is 0 Å². The van der Waals surface area contributed by atoms with Gasteiger partial charge in [0, 0.05) is 49.5 Å². The predicted molar refractivity (Wildman–Crippen MR) is 257 cm³/mol. The number of nitrogens with zero attached hydrogens (tertiary/aromatic N) is 2. The van der Waals surface area contributed by atoms with Gasteiger partial charge in [0.15, 0.2) is 0 Å². The summed E-state index contributed by atoms with van der Waals surface area (Å²) < 4.78 is 9.12. The van der Waals surface area contributed by atoms with E-state index in [9.17, 15) is 0 Å². The molecular formula is C58H38N2O. The Morgan fingerprint density at radius 3 is 1.66 bits per heavy atom. The van der Waals surface area contributed by atoms with Crippen LogP contribution in [0.3, 0.4) is 0 Å². The highest BCUT2D eigenvalue weighted by molar-refractivity contribution is 6.12. The fraction of sp³-hybridized carbons (Fsp3) is 0. The molecule has 0 N–H and O–H groups in total. The van der Waals surface area contributed by atoms with Crippen LogP contribution < -0.4 is 4.90 Å². The number of rotatable bonds is 7. The van der Waals surface area contributed by atoms with Gasteiger partial charge in [-0.05, 0) is 76.5 Å². The van der Waals surface area contributed by atoms with Gasteiger partial charge < -0.3 is 13.9 Å². The van der Waals surface area contributed by atoms with Crippen molar-refractivity contribution in [3.63, 3.8) is 0 Å². The van der Waals surface area contributed by atoms with Crippen molar-refractivity contribution in [3.8, 4) is 39.1 Å². The number of hydrogen-bond acceptors (Lipinski definition) is 2.